The summed E-state index contributed by atoms with van der Waals surface area (Å²) < 4.78 is 6.10. The molecule has 1 aliphatic carbocycles. The van der Waals surface area contributed by atoms with Crippen LogP contribution in [0.25, 0.3) is 0 Å². The third-order valence-corrected chi connectivity index (χ3v) is 11.2. The van der Waals surface area contributed by atoms with E-state index in [1.54, 1.807) is 23.2 Å². The minimum absolute atomic E-state index is 0.104. The van der Waals surface area contributed by atoms with Crippen molar-refractivity contribution in [3.8, 4) is 0 Å². The van der Waals surface area contributed by atoms with E-state index < -0.39 is 22.9 Å². The van der Waals surface area contributed by atoms with E-state index in [9.17, 15) is 19.5 Å². The Balaban J connectivity index is 1.34. The van der Waals surface area contributed by atoms with Crippen LogP contribution < -0.4 is 16.0 Å². The number of anilines is 1. The molecule has 1 saturated carbocycles. The van der Waals surface area contributed by atoms with Gasteiger partial charge in [0, 0.05) is 48.4 Å². The fourth-order valence-electron chi connectivity index (χ4n) is 8.39. The van der Waals surface area contributed by atoms with Gasteiger partial charge in [0.2, 0.25) is 17.7 Å². The van der Waals surface area contributed by atoms with Gasteiger partial charge in [-0.25, -0.2) is 4.98 Å². The molecule has 2 aromatic rings. The van der Waals surface area contributed by atoms with Crippen LogP contribution in [-0.4, -0.2) is 82.7 Å². The van der Waals surface area contributed by atoms with Gasteiger partial charge in [-0.3, -0.25) is 19.7 Å². The lowest BCUT2D eigenvalue weighted by atomic mass is 9.53. The monoisotopic (exact) mass is 671 g/mol. The van der Waals surface area contributed by atoms with Crippen molar-refractivity contribution in [2.75, 3.05) is 31.6 Å². The molecule has 5 atom stereocenters. The molecule has 2 saturated heterocycles. The molecule has 4 heterocycles. The number of halogens is 2. The summed E-state index contributed by atoms with van der Waals surface area (Å²) in [6.07, 6.45) is 5.98. The number of pyridine rings is 1. The van der Waals surface area contributed by atoms with Gasteiger partial charge in [0.05, 0.1) is 31.4 Å². The first kappa shape index (κ1) is 33.2. The lowest BCUT2D eigenvalue weighted by Crippen LogP contribution is -2.61. The molecule has 3 aliphatic heterocycles. The lowest BCUT2D eigenvalue weighted by Gasteiger charge is -2.50. The van der Waals surface area contributed by atoms with Crippen LogP contribution in [-0.2, 0) is 24.5 Å². The van der Waals surface area contributed by atoms with Crippen molar-refractivity contribution in [1.82, 2.24) is 20.5 Å². The van der Waals surface area contributed by atoms with Crippen LogP contribution >= 0.6 is 23.2 Å². The van der Waals surface area contributed by atoms with E-state index in [2.05, 4.69) is 34.8 Å². The summed E-state index contributed by atoms with van der Waals surface area (Å²) in [4.78, 5) is 46.8. The van der Waals surface area contributed by atoms with E-state index in [0.29, 0.717) is 54.7 Å². The number of benzene rings is 1. The van der Waals surface area contributed by atoms with E-state index >= 15 is 0 Å². The molecule has 0 unspecified atom stereocenters. The summed E-state index contributed by atoms with van der Waals surface area (Å²) in [5.74, 6) is -1.05. The van der Waals surface area contributed by atoms with E-state index in [-0.39, 0.29) is 48.4 Å². The highest BCUT2D eigenvalue weighted by Gasteiger charge is 2.72. The maximum atomic E-state index is 14.6. The zero-order chi connectivity index (χ0) is 32.9. The predicted molar refractivity (Wildman–Crippen MR) is 176 cm³/mol. The number of rotatable bonds is 7. The van der Waals surface area contributed by atoms with Crippen LogP contribution in [0.1, 0.15) is 76.3 Å². The van der Waals surface area contributed by atoms with Crippen molar-refractivity contribution < 1.29 is 24.2 Å². The minimum atomic E-state index is -1.10. The molecule has 12 heteroatoms. The Kier molecular flexibility index (Phi) is 9.15. The maximum Gasteiger partial charge on any atom is 0.238 e. The quantitative estimate of drug-likeness (QED) is 0.325. The maximum absolute atomic E-state index is 14.6. The van der Waals surface area contributed by atoms with Gasteiger partial charge in [-0.15, -0.1) is 0 Å². The summed E-state index contributed by atoms with van der Waals surface area (Å²) in [5.41, 5.74) is 0.567. The predicted octanol–water partition coefficient (Wildman–Crippen LogP) is 4.18. The first-order valence-corrected chi connectivity index (χ1v) is 16.9. The Labute approximate surface area is 279 Å². The van der Waals surface area contributed by atoms with Crippen LogP contribution in [0.3, 0.4) is 0 Å². The molecule has 10 nitrogen and oxygen atoms in total. The molecular weight excluding hydrogens is 629 g/mol. The van der Waals surface area contributed by atoms with Crippen molar-refractivity contribution in [3.63, 3.8) is 0 Å². The fraction of sp³-hybridized carbons (Fsp3) is 0.588. The number of carbonyl (C=O) groups excluding carboxylic acids is 3. The van der Waals surface area contributed by atoms with Crippen LogP contribution in [0, 0.1) is 5.41 Å². The summed E-state index contributed by atoms with van der Waals surface area (Å²) in [6.45, 7) is 6.82. The third kappa shape index (κ3) is 5.81. The highest BCUT2D eigenvalue weighted by atomic mass is 35.5. The summed E-state index contributed by atoms with van der Waals surface area (Å²) in [6, 6.07) is 8.18. The number of aromatic nitrogens is 1. The molecule has 4 aliphatic rings. The number of ether oxygens (including phenoxy) is 1. The van der Waals surface area contributed by atoms with Crippen molar-refractivity contribution in [3.05, 3.63) is 57.8 Å². The second-order valence-corrected chi connectivity index (χ2v) is 15.0. The van der Waals surface area contributed by atoms with Gasteiger partial charge in [-0.05, 0) is 79.3 Å². The molecule has 1 aromatic heterocycles. The Morgan fingerprint density at radius 2 is 1.89 bits per heavy atom. The van der Waals surface area contributed by atoms with Crippen molar-refractivity contribution in [2.24, 2.45) is 5.41 Å². The molecule has 3 fully saturated rings. The number of aliphatic hydroxyl groups excluding tert-OH is 1. The highest BCUT2D eigenvalue weighted by molar-refractivity contribution is 6.31. The fourth-order valence-corrected chi connectivity index (χ4v) is 8.75. The second kappa shape index (κ2) is 12.7. The molecule has 46 heavy (non-hydrogen) atoms. The zero-order valence-electron chi connectivity index (χ0n) is 26.6. The molecule has 0 radical (unpaired) electrons. The molecular formula is C34H43Cl2N5O5. The van der Waals surface area contributed by atoms with E-state index in [1.165, 1.54) is 6.92 Å². The number of hydrogen-bond donors (Lipinski definition) is 4. The lowest BCUT2D eigenvalue weighted by molar-refractivity contribution is -0.132. The normalized spacial score (nSPS) is 29.4. The van der Waals surface area contributed by atoms with Gasteiger partial charge in [-0.2, -0.15) is 0 Å². The number of nitrogens with zero attached hydrogens (tertiary/aromatic N) is 2. The number of aliphatic hydroxyl groups is 1. The second-order valence-electron chi connectivity index (χ2n) is 14.1. The van der Waals surface area contributed by atoms with Gasteiger partial charge in [0.1, 0.15) is 10.6 Å². The number of nitrogens with one attached hydrogen (secondary N) is 3. The Hall–Kier alpha value is -2.76. The number of carbonyl (C=O) groups is 3. The van der Waals surface area contributed by atoms with Gasteiger partial charge >= 0.3 is 0 Å². The average molecular weight is 673 g/mol. The first-order chi connectivity index (χ1) is 21.9. The smallest absolute Gasteiger partial charge is 0.238 e. The molecule has 248 valence electrons. The third-order valence-electron chi connectivity index (χ3n) is 10.8. The Morgan fingerprint density at radius 1 is 1.13 bits per heavy atom. The van der Waals surface area contributed by atoms with Crippen LogP contribution in [0.2, 0.25) is 10.2 Å². The van der Waals surface area contributed by atoms with E-state index in [1.807, 2.05) is 18.2 Å². The molecule has 2 spiro atoms. The molecule has 6 rings (SSSR count). The number of hydrogen-bond acceptors (Lipinski definition) is 7. The number of amides is 3. The summed E-state index contributed by atoms with van der Waals surface area (Å²) in [7, 11) is 0. The van der Waals surface area contributed by atoms with Gasteiger partial charge in [-0.1, -0.05) is 43.1 Å². The Bertz CT molecular complexity index is 1500. The summed E-state index contributed by atoms with van der Waals surface area (Å²) in [5, 5.41) is 20.3. The topological polar surface area (TPSA) is 133 Å². The average Bonchev–Trinajstić information content (AvgIpc) is 3.47. The summed E-state index contributed by atoms with van der Waals surface area (Å²) >= 11 is 12.9. The van der Waals surface area contributed by atoms with Crippen LogP contribution in [0.5, 0.6) is 0 Å². The van der Waals surface area contributed by atoms with Crippen molar-refractivity contribution in [1.29, 1.82) is 0 Å². The SMILES string of the molecule is CC(=O)N(CCO)C[C@@H]1CC[C@@H](NC(=O)[C@@H]2NC3(CCC(C)(C)CC3)[C@@]3(C(=O)Nc4cc(Cl)ccc43)[C@H]2c2ccnc(Cl)c2)CO1. The zero-order valence-corrected chi connectivity index (χ0v) is 28.1. The van der Waals surface area contributed by atoms with Crippen LogP contribution in [0.15, 0.2) is 36.5 Å². The van der Waals surface area contributed by atoms with E-state index in [4.69, 9.17) is 27.9 Å². The first-order valence-electron chi connectivity index (χ1n) is 16.2. The molecule has 0 bridgehead atoms. The van der Waals surface area contributed by atoms with E-state index in [0.717, 1.165) is 24.0 Å². The van der Waals surface area contributed by atoms with Gasteiger partial charge < -0.3 is 25.4 Å². The van der Waals surface area contributed by atoms with Gasteiger partial charge in [0.15, 0.2) is 0 Å². The molecule has 3 amide bonds. The van der Waals surface area contributed by atoms with Gasteiger partial charge in [0.25, 0.3) is 0 Å². The molecule has 4 N–H and O–H groups in total. The van der Waals surface area contributed by atoms with Crippen LogP contribution in [0.4, 0.5) is 5.69 Å². The van der Waals surface area contributed by atoms with Crippen molar-refractivity contribution >= 4 is 46.6 Å². The highest BCUT2D eigenvalue weighted by Crippen LogP contribution is 2.63. The molecule has 1 aromatic carbocycles. The minimum Gasteiger partial charge on any atom is -0.395 e. The van der Waals surface area contributed by atoms with Crippen molar-refractivity contribution in [2.45, 2.75) is 94.4 Å². The number of fused-ring (bicyclic) bond motifs is 3. The largest absolute Gasteiger partial charge is 0.395 e. The Morgan fingerprint density at radius 3 is 2.54 bits per heavy atom. The standard InChI is InChI=1S/C34H43Cl2N5O5/c1-20(43)41(14-15-42)18-24-6-5-23(19-46-24)38-30(44)29-28(21-8-13-37-27(36)16-21)34(33(40-29)11-9-32(2,3)10-12-33)25-7-4-22(35)17-26(25)39-31(34)45/h4,7-8,13,16-17,23-24,28-29,40,42H,5-6,9-12,14-15,18-19H2,1-3H3,(H,38,44)(H,39,45)/t23-,24+,28+,29-,34-/m1/s1.